The normalized spacial score (nSPS) is 10.2. The fourth-order valence-corrected chi connectivity index (χ4v) is 1.91. The lowest BCUT2D eigenvalue weighted by Crippen LogP contribution is -2.09. The van der Waals surface area contributed by atoms with Gasteiger partial charge in [0.25, 0.3) is 0 Å². The topological polar surface area (TPSA) is 78.3 Å². The third-order valence-electron chi connectivity index (χ3n) is 3.01. The smallest absolute Gasteiger partial charge is 0.310 e. The van der Waals surface area contributed by atoms with Gasteiger partial charge in [-0.3, -0.25) is 4.79 Å². The lowest BCUT2D eigenvalue weighted by molar-refractivity contribution is -0.134. The molecule has 0 radical (unpaired) electrons. The molecular formula is C16H18N2O2. The zero-order chi connectivity index (χ0) is 14.5. The molecule has 4 nitrogen and oxygen atoms in total. The van der Waals surface area contributed by atoms with Crippen LogP contribution in [0.1, 0.15) is 24.5 Å². The molecule has 0 atom stereocenters. The summed E-state index contributed by atoms with van der Waals surface area (Å²) in [7, 11) is 0. The highest BCUT2D eigenvalue weighted by Crippen LogP contribution is 2.29. The van der Waals surface area contributed by atoms with Gasteiger partial charge in [-0.2, -0.15) is 0 Å². The van der Waals surface area contributed by atoms with Crippen molar-refractivity contribution in [3.63, 3.8) is 0 Å². The Hall–Kier alpha value is -2.49. The molecule has 104 valence electrons. The molecule has 0 amide bonds. The van der Waals surface area contributed by atoms with Crippen molar-refractivity contribution >= 4 is 17.3 Å². The number of nitrogens with two attached hydrogens (primary N) is 2. The summed E-state index contributed by atoms with van der Waals surface area (Å²) in [5.74, 6) is 0.164. The fraction of sp³-hybridized carbons (Fsp3) is 0.188. The Morgan fingerprint density at radius 2 is 1.80 bits per heavy atom. The minimum absolute atomic E-state index is 0.290. The molecule has 0 aliphatic rings. The molecule has 0 fully saturated rings. The first kappa shape index (κ1) is 13.9. The minimum atomic E-state index is -0.290. The van der Waals surface area contributed by atoms with Gasteiger partial charge in [-0.05, 0) is 23.8 Å². The maximum absolute atomic E-state index is 11.5. The molecular weight excluding hydrogens is 252 g/mol. The second-order valence-electron chi connectivity index (χ2n) is 4.58. The zero-order valence-electron chi connectivity index (χ0n) is 11.4. The largest absolute Gasteiger partial charge is 0.424 e. The first-order chi connectivity index (χ1) is 9.60. The van der Waals surface area contributed by atoms with Gasteiger partial charge in [0, 0.05) is 24.1 Å². The van der Waals surface area contributed by atoms with Gasteiger partial charge in [-0.1, -0.05) is 31.2 Å². The highest BCUT2D eigenvalue weighted by Gasteiger charge is 2.11. The van der Waals surface area contributed by atoms with Crippen LogP contribution in [-0.4, -0.2) is 5.97 Å². The van der Waals surface area contributed by atoms with Crippen molar-refractivity contribution in [2.45, 2.75) is 19.8 Å². The molecule has 2 aromatic carbocycles. The Kier molecular flexibility index (Phi) is 4.25. The second kappa shape index (κ2) is 6.10. The van der Waals surface area contributed by atoms with Gasteiger partial charge in [0.05, 0.1) is 5.69 Å². The predicted molar refractivity (Wildman–Crippen MR) is 80.4 cm³/mol. The van der Waals surface area contributed by atoms with E-state index in [0.717, 1.165) is 16.8 Å². The van der Waals surface area contributed by atoms with Crippen LogP contribution in [0.5, 0.6) is 5.75 Å². The van der Waals surface area contributed by atoms with Crippen molar-refractivity contribution in [2.75, 3.05) is 11.5 Å². The fourth-order valence-electron chi connectivity index (χ4n) is 1.91. The number of carbonyl (C=O) groups is 1. The zero-order valence-corrected chi connectivity index (χ0v) is 11.4. The standard InChI is InChI=1S/C16H18N2O2/c1-2-15(19)20-16-12(4-3-5-14(16)18)10-11-6-8-13(17)9-7-11/h3-9H,2,10,17-18H2,1H3. The molecule has 0 aliphatic carbocycles. The summed E-state index contributed by atoms with van der Waals surface area (Å²) in [6, 6.07) is 13.1. The van der Waals surface area contributed by atoms with Crippen molar-refractivity contribution in [1.29, 1.82) is 0 Å². The molecule has 0 unspecified atom stereocenters. The van der Waals surface area contributed by atoms with E-state index in [4.69, 9.17) is 16.2 Å². The third-order valence-corrected chi connectivity index (χ3v) is 3.01. The summed E-state index contributed by atoms with van der Waals surface area (Å²) in [6.07, 6.45) is 0.952. The summed E-state index contributed by atoms with van der Waals surface area (Å²) >= 11 is 0. The molecule has 0 saturated heterocycles. The molecule has 0 aromatic heterocycles. The summed E-state index contributed by atoms with van der Waals surface area (Å²) in [5, 5.41) is 0. The number of hydrogen-bond donors (Lipinski definition) is 2. The summed E-state index contributed by atoms with van der Waals surface area (Å²) in [6.45, 7) is 1.75. The molecule has 2 aromatic rings. The number of ether oxygens (including phenoxy) is 1. The first-order valence-electron chi connectivity index (χ1n) is 6.52. The second-order valence-corrected chi connectivity index (χ2v) is 4.58. The maximum atomic E-state index is 11.5. The Labute approximate surface area is 118 Å². The van der Waals surface area contributed by atoms with Crippen LogP contribution in [-0.2, 0) is 11.2 Å². The van der Waals surface area contributed by atoms with Crippen LogP contribution in [0.2, 0.25) is 0 Å². The van der Waals surface area contributed by atoms with Gasteiger partial charge in [-0.15, -0.1) is 0 Å². The third kappa shape index (κ3) is 3.29. The van der Waals surface area contributed by atoms with Crippen LogP contribution < -0.4 is 16.2 Å². The number of hydrogen-bond acceptors (Lipinski definition) is 4. The average Bonchev–Trinajstić information content (AvgIpc) is 2.45. The number of anilines is 2. The van der Waals surface area contributed by atoms with Gasteiger partial charge >= 0.3 is 5.97 Å². The van der Waals surface area contributed by atoms with E-state index in [2.05, 4.69) is 0 Å². The number of rotatable bonds is 4. The molecule has 0 heterocycles. The van der Waals surface area contributed by atoms with Crippen LogP contribution in [0.25, 0.3) is 0 Å². The molecule has 4 heteroatoms. The summed E-state index contributed by atoms with van der Waals surface area (Å²) in [5.41, 5.74) is 14.7. The number of nitrogen functional groups attached to an aromatic ring is 2. The van der Waals surface area contributed by atoms with Crippen molar-refractivity contribution in [1.82, 2.24) is 0 Å². The van der Waals surface area contributed by atoms with Crippen LogP contribution >= 0.6 is 0 Å². The molecule has 0 saturated carbocycles. The van der Waals surface area contributed by atoms with Crippen molar-refractivity contribution < 1.29 is 9.53 Å². The van der Waals surface area contributed by atoms with Gasteiger partial charge in [0.2, 0.25) is 0 Å². The highest BCUT2D eigenvalue weighted by molar-refractivity contribution is 5.75. The van der Waals surface area contributed by atoms with Gasteiger partial charge < -0.3 is 16.2 Å². The van der Waals surface area contributed by atoms with Crippen LogP contribution in [0.15, 0.2) is 42.5 Å². The molecule has 4 N–H and O–H groups in total. The van der Waals surface area contributed by atoms with E-state index >= 15 is 0 Å². The Bertz CT molecular complexity index is 606. The first-order valence-corrected chi connectivity index (χ1v) is 6.52. The SMILES string of the molecule is CCC(=O)Oc1c(N)cccc1Cc1ccc(N)cc1. The quantitative estimate of drug-likeness (QED) is 0.508. The molecule has 0 aliphatic heterocycles. The molecule has 0 spiro atoms. The van der Waals surface area contributed by atoms with Crippen LogP contribution in [0, 0.1) is 0 Å². The minimum Gasteiger partial charge on any atom is -0.424 e. The lowest BCUT2D eigenvalue weighted by atomic mass is 10.0. The molecule has 0 bridgehead atoms. The Morgan fingerprint density at radius 3 is 2.45 bits per heavy atom. The van der Waals surface area contributed by atoms with Crippen molar-refractivity contribution in [3.8, 4) is 5.75 Å². The van der Waals surface area contributed by atoms with E-state index in [1.807, 2.05) is 36.4 Å². The molecule has 20 heavy (non-hydrogen) atoms. The van der Waals surface area contributed by atoms with Crippen molar-refractivity contribution in [3.05, 3.63) is 53.6 Å². The highest BCUT2D eigenvalue weighted by atomic mass is 16.5. The number of benzene rings is 2. The van der Waals surface area contributed by atoms with E-state index in [-0.39, 0.29) is 5.97 Å². The Morgan fingerprint density at radius 1 is 1.10 bits per heavy atom. The van der Waals surface area contributed by atoms with Crippen LogP contribution in [0.4, 0.5) is 11.4 Å². The molecule has 2 rings (SSSR count). The van der Waals surface area contributed by atoms with E-state index in [0.29, 0.717) is 24.3 Å². The monoisotopic (exact) mass is 270 g/mol. The van der Waals surface area contributed by atoms with Crippen LogP contribution in [0.3, 0.4) is 0 Å². The van der Waals surface area contributed by atoms with Gasteiger partial charge in [0.1, 0.15) is 0 Å². The van der Waals surface area contributed by atoms with Gasteiger partial charge in [-0.25, -0.2) is 0 Å². The number of para-hydroxylation sites is 1. The summed E-state index contributed by atoms with van der Waals surface area (Å²) in [4.78, 5) is 11.5. The predicted octanol–water partition coefficient (Wildman–Crippen LogP) is 2.76. The Balaban J connectivity index is 2.29. The number of esters is 1. The lowest BCUT2D eigenvalue weighted by Gasteiger charge is -2.12. The van der Waals surface area contributed by atoms with Crippen molar-refractivity contribution in [2.24, 2.45) is 0 Å². The van der Waals surface area contributed by atoms with E-state index < -0.39 is 0 Å². The van der Waals surface area contributed by atoms with E-state index in [1.54, 1.807) is 13.0 Å². The van der Waals surface area contributed by atoms with Gasteiger partial charge in [0.15, 0.2) is 5.75 Å². The average molecular weight is 270 g/mol. The van der Waals surface area contributed by atoms with E-state index in [9.17, 15) is 4.79 Å². The number of carbonyl (C=O) groups excluding carboxylic acids is 1. The summed E-state index contributed by atoms with van der Waals surface area (Å²) < 4.78 is 5.33. The van der Waals surface area contributed by atoms with E-state index in [1.165, 1.54) is 0 Å². The maximum Gasteiger partial charge on any atom is 0.310 e.